The monoisotopic (exact) mass is 447 g/mol. The number of furan rings is 1. The van der Waals surface area contributed by atoms with E-state index in [0.717, 1.165) is 0 Å². The molecule has 2 rings (SSSR count). The number of nitrogens with one attached hydrogen (secondary N) is 2. The lowest BCUT2D eigenvalue weighted by molar-refractivity contribution is -0.148. The fraction of sp³-hybridized carbons (Fsp3) is 0.467. The van der Waals surface area contributed by atoms with E-state index in [4.69, 9.17) is 26.1 Å². The number of ether oxygens (including phenoxy) is 2. The molecule has 2 amide bonds. The van der Waals surface area contributed by atoms with Gasteiger partial charge in [0.25, 0.3) is 5.91 Å². The smallest absolute Gasteiger partial charge is 0.308 e. The van der Waals surface area contributed by atoms with Gasteiger partial charge in [0.2, 0.25) is 5.91 Å². The number of hydrogen-bond acceptors (Lipinski definition) is 7. The maximum absolute atomic E-state index is 12.2. The molecular weight excluding hydrogens is 430 g/mol. The summed E-state index contributed by atoms with van der Waals surface area (Å²) in [6.45, 7) is 1.05. The van der Waals surface area contributed by atoms with Gasteiger partial charge in [-0.2, -0.15) is 0 Å². The molecule has 1 aromatic heterocycles. The molecule has 26 heavy (non-hydrogen) atoms. The zero-order valence-electron chi connectivity index (χ0n) is 14.0. The highest BCUT2D eigenvalue weighted by molar-refractivity contribution is 9.10. The maximum Gasteiger partial charge on any atom is 0.308 e. The van der Waals surface area contributed by atoms with Crippen molar-refractivity contribution in [2.75, 3.05) is 33.4 Å². The number of piperazine rings is 1. The number of esters is 1. The first-order valence-electron chi connectivity index (χ1n) is 7.72. The van der Waals surface area contributed by atoms with E-state index in [-0.39, 0.29) is 36.4 Å². The van der Waals surface area contributed by atoms with E-state index in [0.29, 0.717) is 17.8 Å². The van der Waals surface area contributed by atoms with E-state index in [1.54, 1.807) is 6.07 Å². The molecule has 9 nitrogen and oxygen atoms in total. The highest BCUT2D eigenvalue weighted by Crippen LogP contribution is 2.15. The average molecular weight is 448 g/mol. The van der Waals surface area contributed by atoms with Crippen LogP contribution >= 0.6 is 28.1 Å². The Morgan fingerprint density at radius 2 is 2.23 bits per heavy atom. The number of carbonyl (C=O) groups excluding carboxylic acids is 3. The predicted octanol–water partition coefficient (Wildman–Crippen LogP) is 0.437. The topological polar surface area (TPSA) is 110 Å². The van der Waals surface area contributed by atoms with E-state index >= 15 is 0 Å². The molecule has 142 valence electrons. The number of hydrogen-bond donors (Lipinski definition) is 2. The second kappa shape index (κ2) is 9.64. The summed E-state index contributed by atoms with van der Waals surface area (Å²) in [6.07, 6.45) is -0.197. The summed E-state index contributed by atoms with van der Waals surface area (Å²) in [4.78, 5) is 37.7. The first-order valence-corrected chi connectivity index (χ1v) is 8.92. The summed E-state index contributed by atoms with van der Waals surface area (Å²) >= 11 is 8.35. The van der Waals surface area contributed by atoms with Crippen molar-refractivity contribution in [2.45, 2.75) is 12.5 Å². The molecular formula is C15H18BrN3O6S. The largest absolute Gasteiger partial charge is 0.463 e. The fourth-order valence-electron chi connectivity index (χ4n) is 2.28. The molecule has 0 aromatic carbocycles. The molecule has 1 aliphatic heterocycles. The second-order valence-electron chi connectivity index (χ2n) is 5.28. The van der Waals surface area contributed by atoms with Gasteiger partial charge in [-0.05, 0) is 40.3 Å². The number of carbonyl (C=O) groups is 3. The lowest BCUT2D eigenvalue weighted by atomic mass is 10.1. The molecule has 0 saturated carbocycles. The van der Waals surface area contributed by atoms with Crippen molar-refractivity contribution in [2.24, 2.45) is 0 Å². The van der Waals surface area contributed by atoms with E-state index in [2.05, 4.69) is 26.6 Å². The van der Waals surface area contributed by atoms with E-state index in [9.17, 15) is 14.4 Å². The molecule has 1 atom stereocenters. The Balaban J connectivity index is 1.99. The summed E-state index contributed by atoms with van der Waals surface area (Å²) in [7, 11) is 1.49. The first kappa shape index (κ1) is 20.3. The van der Waals surface area contributed by atoms with Gasteiger partial charge in [0.1, 0.15) is 12.6 Å². The van der Waals surface area contributed by atoms with Crippen LogP contribution in [0.25, 0.3) is 0 Å². The molecule has 1 aromatic rings. The van der Waals surface area contributed by atoms with Crippen LogP contribution in [0.1, 0.15) is 17.0 Å². The summed E-state index contributed by atoms with van der Waals surface area (Å²) in [5.41, 5.74) is 0. The number of halogens is 1. The Bertz CT molecular complexity index is 695. The molecule has 1 saturated heterocycles. The Morgan fingerprint density at radius 3 is 2.88 bits per heavy atom. The summed E-state index contributed by atoms with van der Waals surface area (Å²) < 4.78 is 15.4. The summed E-state index contributed by atoms with van der Waals surface area (Å²) in [6, 6.07) is 2.19. The molecule has 0 aliphatic carbocycles. The minimum Gasteiger partial charge on any atom is -0.463 e. The molecule has 0 spiro atoms. The number of methoxy groups -OCH3 is 1. The molecule has 1 unspecified atom stereocenters. The van der Waals surface area contributed by atoms with Crippen LogP contribution in [0.3, 0.4) is 0 Å². The van der Waals surface area contributed by atoms with Crippen LogP contribution < -0.4 is 10.6 Å². The van der Waals surface area contributed by atoms with Crippen molar-refractivity contribution in [3.8, 4) is 0 Å². The molecule has 11 heteroatoms. The lowest BCUT2D eigenvalue weighted by Gasteiger charge is -2.36. The van der Waals surface area contributed by atoms with Gasteiger partial charge < -0.3 is 24.1 Å². The normalized spacial score (nSPS) is 16.8. The van der Waals surface area contributed by atoms with Crippen molar-refractivity contribution in [1.29, 1.82) is 0 Å². The SMILES string of the molecule is COCCOC(=O)CC1C(=O)NCCN1C(=S)NC(=O)c1ccc(Br)o1. The number of thiocarbonyl (C=S) groups is 1. The third kappa shape index (κ3) is 5.51. The highest BCUT2D eigenvalue weighted by atomic mass is 79.9. The van der Waals surface area contributed by atoms with Crippen LogP contribution in [0.4, 0.5) is 0 Å². The van der Waals surface area contributed by atoms with Crippen LogP contribution in [-0.2, 0) is 19.1 Å². The van der Waals surface area contributed by atoms with Crippen molar-refractivity contribution in [3.63, 3.8) is 0 Å². The van der Waals surface area contributed by atoms with Gasteiger partial charge in [-0.3, -0.25) is 19.7 Å². The van der Waals surface area contributed by atoms with Crippen LogP contribution in [0, 0.1) is 0 Å². The van der Waals surface area contributed by atoms with Crippen LogP contribution in [0.15, 0.2) is 21.2 Å². The Labute approximate surface area is 163 Å². The van der Waals surface area contributed by atoms with Crippen molar-refractivity contribution >= 4 is 51.0 Å². The maximum atomic E-state index is 12.2. The highest BCUT2D eigenvalue weighted by Gasteiger charge is 2.34. The zero-order chi connectivity index (χ0) is 19.1. The summed E-state index contributed by atoms with van der Waals surface area (Å²) in [5.74, 6) is -1.40. The van der Waals surface area contributed by atoms with Crippen LogP contribution in [0.5, 0.6) is 0 Å². The van der Waals surface area contributed by atoms with Gasteiger partial charge in [-0.1, -0.05) is 0 Å². The fourth-order valence-corrected chi connectivity index (χ4v) is 2.90. The third-order valence-electron chi connectivity index (χ3n) is 3.52. The molecule has 0 radical (unpaired) electrons. The number of nitrogens with zero attached hydrogens (tertiary/aromatic N) is 1. The first-order chi connectivity index (χ1) is 12.4. The van der Waals surface area contributed by atoms with Crippen LogP contribution in [0.2, 0.25) is 0 Å². The van der Waals surface area contributed by atoms with Crippen molar-refractivity contribution in [1.82, 2.24) is 15.5 Å². The Hall–Kier alpha value is -1.98. The third-order valence-corrected chi connectivity index (χ3v) is 4.28. The number of amides is 2. The van der Waals surface area contributed by atoms with Gasteiger partial charge in [0, 0.05) is 20.2 Å². The van der Waals surface area contributed by atoms with Gasteiger partial charge in [0.05, 0.1) is 13.0 Å². The minimum atomic E-state index is -0.866. The van der Waals surface area contributed by atoms with Crippen LogP contribution in [-0.4, -0.2) is 67.3 Å². The van der Waals surface area contributed by atoms with E-state index in [1.165, 1.54) is 18.1 Å². The summed E-state index contributed by atoms with van der Waals surface area (Å²) in [5, 5.41) is 5.21. The molecule has 0 bridgehead atoms. The lowest BCUT2D eigenvalue weighted by Crippen LogP contribution is -2.60. The molecule has 2 N–H and O–H groups in total. The van der Waals surface area contributed by atoms with E-state index in [1.807, 2.05) is 0 Å². The average Bonchev–Trinajstić information content (AvgIpc) is 3.03. The van der Waals surface area contributed by atoms with Gasteiger partial charge in [0.15, 0.2) is 15.5 Å². The quantitative estimate of drug-likeness (QED) is 0.367. The van der Waals surface area contributed by atoms with Crippen molar-refractivity contribution in [3.05, 3.63) is 22.6 Å². The van der Waals surface area contributed by atoms with E-state index < -0.39 is 17.9 Å². The van der Waals surface area contributed by atoms with Gasteiger partial charge in [-0.15, -0.1) is 0 Å². The molecule has 1 fully saturated rings. The van der Waals surface area contributed by atoms with Gasteiger partial charge >= 0.3 is 5.97 Å². The predicted molar refractivity (Wildman–Crippen MR) is 97.4 cm³/mol. The Kier molecular flexibility index (Phi) is 7.54. The standard InChI is InChI=1S/C15H18BrN3O6S/c1-23-6-7-24-12(20)8-9-13(21)17-4-5-19(9)15(26)18-14(22)10-2-3-11(16)25-10/h2-3,9H,4-8H2,1H3,(H,17,21)(H,18,22,26). The van der Waals surface area contributed by atoms with Gasteiger partial charge in [-0.25, -0.2) is 0 Å². The van der Waals surface area contributed by atoms with Crippen molar-refractivity contribution < 1.29 is 28.3 Å². The zero-order valence-corrected chi connectivity index (χ0v) is 16.4. The Morgan fingerprint density at radius 1 is 1.46 bits per heavy atom. The minimum absolute atomic E-state index is 0.0343. The molecule has 2 heterocycles. The second-order valence-corrected chi connectivity index (χ2v) is 6.45. The number of rotatable bonds is 6. The molecule has 1 aliphatic rings.